The Bertz CT molecular complexity index is 207. The first-order valence-corrected chi connectivity index (χ1v) is 9.11. The SMILES string of the molecule is CCCCCCCCC1(CCCCC)OCCCCO1. The Morgan fingerprint density at radius 1 is 0.650 bits per heavy atom. The van der Waals surface area contributed by atoms with Crippen molar-refractivity contribution in [3.63, 3.8) is 0 Å². The van der Waals surface area contributed by atoms with Crippen molar-refractivity contribution >= 4 is 0 Å². The molecular formula is C18H36O2. The third kappa shape index (κ3) is 7.64. The van der Waals surface area contributed by atoms with Crippen LogP contribution in [0.2, 0.25) is 0 Å². The predicted octanol–water partition coefficient (Wildman–Crippen LogP) is 5.84. The molecule has 1 heterocycles. The molecule has 2 heteroatoms. The van der Waals surface area contributed by atoms with Gasteiger partial charge < -0.3 is 9.47 Å². The van der Waals surface area contributed by atoms with Crippen LogP contribution in [0.3, 0.4) is 0 Å². The van der Waals surface area contributed by atoms with Crippen molar-refractivity contribution in [2.45, 2.75) is 103 Å². The Balaban J connectivity index is 2.29. The zero-order chi connectivity index (χ0) is 14.5. The largest absolute Gasteiger partial charge is 0.350 e. The number of unbranched alkanes of at least 4 members (excludes halogenated alkanes) is 7. The molecule has 0 spiro atoms. The molecule has 0 atom stereocenters. The van der Waals surface area contributed by atoms with Crippen LogP contribution in [-0.2, 0) is 9.47 Å². The van der Waals surface area contributed by atoms with Gasteiger partial charge in [-0.15, -0.1) is 0 Å². The van der Waals surface area contributed by atoms with E-state index in [9.17, 15) is 0 Å². The highest BCUT2D eigenvalue weighted by Gasteiger charge is 2.32. The first kappa shape index (κ1) is 18.0. The van der Waals surface area contributed by atoms with Crippen LogP contribution in [-0.4, -0.2) is 19.0 Å². The monoisotopic (exact) mass is 284 g/mol. The minimum absolute atomic E-state index is 0.240. The second kappa shape index (κ2) is 11.6. The molecule has 0 N–H and O–H groups in total. The molecule has 0 aromatic heterocycles. The minimum atomic E-state index is -0.240. The van der Waals surface area contributed by atoms with Crippen molar-refractivity contribution in [3.05, 3.63) is 0 Å². The zero-order valence-corrected chi connectivity index (χ0v) is 13.9. The molecule has 0 radical (unpaired) electrons. The molecular weight excluding hydrogens is 248 g/mol. The lowest BCUT2D eigenvalue weighted by atomic mass is 9.99. The van der Waals surface area contributed by atoms with Gasteiger partial charge in [-0.3, -0.25) is 0 Å². The van der Waals surface area contributed by atoms with Crippen molar-refractivity contribution < 1.29 is 9.47 Å². The van der Waals surface area contributed by atoms with Gasteiger partial charge in [0.15, 0.2) is 5.79 Å². The van der Waals surface area contributed by atoms with E-state index in [0.717, 1.165) is 38.9 Å². The average molecular weight is 284 g/mol. The molecule has 1 fully saturated rings. The summed E-state index contributed by atoms with van der Waals surface area (Å²) in [5.41, 5.74) is 0. The molecule has 1 aliphatic heterocycles. The molecule has 0 unspecified atom stereocenters. The molecule has 0 amide bonds. The maximum absolute atomic E-state index is 6.14. The van der Waals surface area contributed by atoms with Crippen LogP contribution in [0.5, 0.6) is 0 Å². The van der Waals surface area contributed by atoms with E-state index in [1.165, 1.54) is 57.8 Å². The van der Waals surface area contributed by atoms with Gasteiger partial charge in [0.05, 0.1) is 13.2 Å². The quantitative estimate of drug-likeness (QED) is 0.444. The zero-order valence-electron chi connectivity index (χ0n) is 13.9. The Hall–Kier alpha value is -0.0800. The molecule has 0 aromatic carbocycles. The highest BCUT2D eigenvalue weighted by Crippen LogP contribution is 2.30. The Labute approximate surface area is 126 Å². The molecule has 1 rings (SSSR count). The second-order valence-electron chi connectivity index (χ2n) is 6.29. The van der Waals surface area contributed by atoms with Crippen LogP contribution in [0.25, 0.3) is 0 Å². The Morgan fingerprint density at radius 2 is 1.10 bits per heavy atom. The van der Waals surface area contributed by atoms with Crippen LogP contribution >= 0.6 is 0 Å². The fourth-order valence-electron chi connectivity index (χ4n) is 2.99. The van der Waals surface area contributed by atoms with E-state index in [2.05, 4.69) is 13.8 Å². The van der Waals surface area contributed by atoms with Crippen LogP contribution < -0.4 is 0 Å². The summed E-state index contributed by atoms with van der Waals surface area (Å²) < 4.78 is 12.3. The first-order valence-electron chi connectivity index (χ1n) is 9.11. The van der Waals surface area contributed by atoms with Gasteiger partial charge >= 0.3 is 0 Å². The lowest BCUT2D eigenvalue weighted by Crippen LogP contribution is -2.35. The number of hydrogen-bond donors (Lipinski definition) is 0. The summed E-state index contributed by atoms with van der Waals surface area (Å²) in [5, 5.41) is 0. The fourth-order valence-corrected chi connectivity index (χ4v) is 2.99. The Morgan fingerprint density at radius 3 is 1.70 bits per heavy atom. The van der Waals surface area contributed by atoms with Crippen LogP contribution in [0, 0.1) is 0 Å². The van der Waals surface area contributed by atoms with Crippen molar-refractivity contribution in [1.29, 1.82) is 0 Å². The minimum Gasteiger partial charge on any atom is -0.350 e. The van der Waals surface area contributed by atoms with Crippen LogP contribution in [0.15, 0.2) is 0 Å². The number of rotatable bonds is 11. The third-order valence-electron chi connectivity index (χ3n) is 4.34. The highest BCUT2D eigenvalue weighted by atomic mass is 16.7. The van der Waals surface area contributed by atoms with Crippen molar-refractivity contribution in [3.8, 4) is 0 Å². The summed E-state index contributed by atoms with van der Waals surface area (Å²) in [4.78, 5) is 0. The highest BCUT2D eigenvalue weighted by molar-refractivity contribution is 4.73. The predicted molar refractivity (Wildman–Crippen MR) is 86.0 cm³/mol. The fraction of sp³-hybridized carbons (Fsp3) is 1.00. The second-order valence-corrected chi connectivity index (χ2v) is 6.29. The van der Waals surface area contributed by atoms with E-state index >= 15 is 0 Å². The van der Waals surface area contributed by atoms with Gasteiger partial charge in [-0.1, -0.05) is 58.8 Å². The molecule has 1 aliphatic rings. The molecule has 0 saturated carbocycles. The number of hydrogen-bond acceptors (Lipinski definition) is 2. The molecule has 0 aliphatic carbocycles. The van der Waals surface area contributed by atoms with Gasteiger partial charge in [-0.2, -0.15) is 0 Å². The van der Waals surface area contributed by atoms with Crippen LogP contribution in [0.4, 0.5) is 0 Å². The van der Waals surface area contributed by atoms with E-state index < -0.39 is 0 Å². The smallest absolute Gasteiger partial charge is 0.168 e. The van der Waals surface area contributed by atoms with Crippen molar-refractivity contribution in [1.82, 2.24) is 0 Å². The van der Waals surface area contributed by atoms with Gasteiger partial charge in [0.1, 0.15) is 0 Å². The van der Waals surface area contributed by atoms with E-state index in [0.29, 0.717) is 0 Å². The van der Waals surface area contributed by atoms with Gasteiger partial charge in [-0.05, 0) is 25.7 Å². The molecule has 0 bridgehead atoms. The maximum Gasteiger partial charge on any atom is 0.168 e. The molecule has 2 nitrogen and oxygen atoms in total. The summed E-state index contributed by atoms with van der Waals surface area (Å²) in [6.45, 7) is 6.31. The van der Waals surface area contributed by atoms with Gasteiger partial charge in [0, 0.05) is 12.8 Å². The van der Waals surface area contributed by atoms with E-state index in [-0.39, 0.29) is 5.79 Å². The van der Waals surface area contributed by atoms with Gasteiger partial charge in [0.2, 0.25) is 0 Å². The average Bonchev–Trinajstić information content (AvgIpc) is 2.69. The molecule has 20 heavy (non-hydrogen) atoms. The summed E-state index contributed by atoms with van der Waals surface area (Å²) >= 11 is 0. The van der Waals surface area contributed by atoms with Crippen molar-refractivity contribution in [2.75, 3.05) is 13.2 Å². The van der Waals surface area contributed by atoms with Gasteiger partial charge in [0.25, 0.3) is 0 Å². The maximum atomic E-state index is 6.14. The van der Waals surface area contributed by atoms with Crippen LogP contribution in [0.1, 0.15) is 97.3 Å². The lowest BCUT2D eigenvalue weighted by Gasteiger charge is -2.32. The molecule has 0 aromatic rings. The number of ether oxygens (including phenoxy) is 2. The van der Waals surface area contributed by atoms with E-state index in [1.807, 2.05) is 0 Å². The van der Waals surface area contributed by atoms with E-state index in [4.69, 9.17) is 9.47 Å². The lowest BCUT2D eigenvalue weighted by molar-refractivity contribution is -0.234. The molecule has 120 valence electrons. The normalized spacial score (nSPS) is 18.9. The summed E-state index contributed by atoms with van der Waals surface area (Å²) in [6, 6.07) is 0. The summed E-state index contributed by atoms with van der Waals surface area (Å²) in [7, 11) is 0. The summed E-state index contributed by atoms with van der Waals surface area (Å²) in [5.74, 6) is -0.240. The topological polar surface area (TPSA) is 18.5 Å². The summed E-state index contributed by atoms with van der Waals surface area (Å²) in [6.07, 6.45) is 16.4. The third-order valence-corrected chi connectivity index (χ3v) is 4.34. The van der Waals surface area contributed by atoms with E-state index in [1.54, 1.807) is 0 Å². The first-order chi connectivity index (χ1) is 9.83. The molecule has 1 saturated heterocycles. The Kier molecular flexibility index (Phi) is 10.4. The van der Waals surface area contributed by atoms with Gasteiger partial charge in [-0.25, -0.2) is 0 Å². The van der Waals surface area contributed by atoms with Crippen molar-refractivity contribution in [2.24, 2.45) is 0 Å². The standard InChI is InChI=1S/C18H36O2/c1-3-5-7-8-9-11-15-18(14-10-6-4-2)19-16-12-13-17-20-18/h3-17H2,1-2H3.